The Balaban J connectivity index is 1.40. The van der Waals surface area contributed by atoms with Gasteiger partial charge in [-0.05, 0) is 62.2 Å². The van der Waals surface area contributed by atoms with E-state index in [0.29, 0.717) is 30.2 Å². The second kappa shape index (κ2) is 6.08. The zero-order valence-electron chi connectivity index (χ0n) is 14.0. The second-order valence-electron chi connectivity index (χ2n) is 8.38. The van der Waals surface area contributed by atoms with E-state index < -0.39 is 0 Å². The summed E-state index contributed by atoms with van der Waals surface area (Å²) >= 11 is 0. The number of nitrogens with zero attached hydrogens (tertiary/aromatic N) is 2. The Kier molecular flexibility index (Phi) is 4.08. The van der Waals surface area contributed by atoms with Crippen molar-refractivity contribution in [2.24, 2.45) is 35.3 Å². The molecular formula is C18H29N3O2. The van der Waals surface area contributed by atoms with Crippen molar-refractivity contribution in [1.82, 2.24) is 9.80 Å². The van der Waals surface area contributed by atoms with E-state index in [4.69, 9.17) is 5.73 Å². The van der Waals surface area contributed by atoms with Crippen molar-refractivity contribution in [3.8, 4) is 0 Å². The van der Waals surface area contributed by atoms with Gasteiger partial charge in [-0.1, -0.05) is 0 Å². The fraction of sp³-hybridized carbons (Fsp3) is 0.889. The average Bonchev–Trinajstić information content (AvgIpc) is 2.71. The second-order valence-corrected chi connectivity index (χ2v) is 8.38. The first kappa shape index (κ1) is 15.4. The molecule has 1 saturated heterocycles. The molecule has 5 nitrogen and oxygen atoms in total. The maximum Gasteiger partial charge on any atom is 0.231 e. The van der Waals surface area contributed by atoms with E-state index in [2.05, 4.69) is 9.80 Å². The molecule has 1 aliphatic heterocycles. The molecule has 23 heavy (non-hydrogen) atoms. The normalized spacial score (nSPS) is 40.2. The molecule has 2 amide bonds. The van der Waals surface area contributed by atoms with Gasteiger partial charge in [-0.25, -0.2) is 0 Å². The SMILES string of the molecule is NC(=O)CN1CCCN(C(=O)C2C3CC4CC(C3)CC2C4)CC1. The van der Waals surface area contributed by atoms with Crippen molar-refractivity contribution in [1.29, 1.82) is 0 Å². The molecule has 5 aliphatic rings. The first-order chi connectivity index (χ1) is 11.1. The molecule has 0 radical (unpaired) electrons. The van der Waals surface area contributed by atoms with Gasteiger partial charge in [0.05, 0.1) is 6.54 Å². The summed E-state index contributed by atoms with van der Waals surface area (Å²) < 4.78 is 0. The molecule has 128 valence electrons. The van der Waals surface area contributed by atoms with Crippen molar-refractivity contribution < 1.29 is 9.59 Å². The molecule has 4 saturated carbocycles. The smallest absolute Gasteiger partial charge is 0.231 e. The Morgan fingerprint density at radius 3 is 2.13 bits per heavy atom. The minimum atomic E-state index is -0.272. The molecule has 1 heterocycles. The minimum Gasteiger partial charge on any atom is -0.369 e. The van der Waals surface area contributed by atoms with Crippen LogP contribution in [0.15, 0.2) is 0 Å². The molecule has 5 rings (SSSR count). The molecule has 5 heteroatoms. The van der Waals surface area contributed by atoms with Crippen LogP contribution < -0.4 is 5.73 Å². The lowest BCUT2D eigenvalue weighted by atomic mass is 9.51. The number of rotatable bonds is 3. The van der Waals surface area contributed by atoms with E-state index in [0.717, 1.165) is 44.4 Å². The van der Waals surface area contributed by atoms with Crippen molar-refractivity contribution in [3.05, 3.63) is 0 Å². The fourth-order valence-corrected chi connectivity index (χ4v) is 6.11. The number of nitrogens with two attached hydrogens (primary N) is 1. The highest BCUT2D eigenvalue weighted by Crippen LogP contribution is 2.56. The van der Waals surface area contributed by atoms with E-state index in [9.17, 15) is 9.59 Å². The predicted molar refractivity (Wildman–Crippen MR) is 87.4 cm³/mol. The summed E-state index contributed by atoms with van der Waals surface area (Å²) in [5, 5.41) is 0. The van der Waals surface area contributed by atoms with Crippen molar-refractivity contribution in [2.75, 3.05) is 32.7 Å². The van der Waals surface area contributed by atoms with Crippen molar-refractivity contribution in [2.45, 2.75) is 38.5 Å². The zero-order chi connectivity index (χ0) is 16.0. The zero-order valence-corrected chi connectivity index (χ0v) is 14.0. The van der Waals surface area contributed by atoms with Crippen molar-refractivity contribution >= 4 is 11.8 Å². The molecule has 0 atom stereocenters. The lowest BCUT2D eigenvalue weighted by Crippen LogP contribution is -2.52. The highest BCUT2D eigenvalue weighted by Gasteiger charge is 2.51. The summed E-state index contributed by atoms with van der Waals surface area (Å²) in [6, 6.07) is 0. The Morgan fingerprint density at radius 1 is 0.870 bits per heavy atom. The standard InChI is InChI=1S/C18H29N3O2/c19-16(22)11-20-2-1-3-21(5-4-20)18(23)17-14-7-12-6-13(9-14)10-15(17)8-12/h12-15,17H,1-11H2,(H2,19,22). The summed E-state index contributed by atoms with van der Waals surface area (Å²) in [6.07, 6.45) is 7.57. The summed E-state index contributed by atoms with van der Waals surface area (Å²) in [5.41, 5.74) is 5.30. The van der Waals surface area contributed by atoms with Crippen LogP contribution in [0.2, 0.25) is 0 Å². The number of amides is 2. The van der Waals surface area contributed by atoms with Gasteiger partial charge >= 0.3 is 0 Å². The van der Waals surface area contributed by atoms with Crippen LogP contribution >= 0.6 is 0 Å². The number of primary amides is 1. The van der Waals surface area contributed by atoms with Crippen LogP contribution in [0.4, 0.5) is 0 Å². The molecule has 4 aliphatic carbocycles. The Morgan fingerprint density at radius 2 is 1.52 bits per heavy atom. The van der Waals surface area contributed by atoms with Crippen LogP contribution in [0.5, 0.6) is 0 Å². The van der Waals surface area contributed by atoms with Gasteiger partial charge in [0.25, 0.3) is 0 Å². The Bertz CT molecular complexity index is 465. The maximum atomic E-state index is 13.2. The summed E-state index contributed by atoms with van der Waals surface area (Å²) in [7, 11) is 0. The van der Waals surface area contributed by atoms with E-state index in [1.807, 2.05) is 0 Å². The highest BCUT2D eigenvalue weighted by molar-refractivity contribution is 5.80. The largest absolute Gasteiger partial charge is 0.369 e. The molecule has 2 N–H and O–H groups in total. The summed E-state index contributed by atoms with van der Waals surface area (Å²) in [6.45, 7) is 3.57. The third-order valence-electron chi connectivity index (χ3n) is 6.79. The van der Waals surface area contributed by atoms with Gasteiger partial charge in [0.15, 0.2) is 0 Å². The van der Waals surface area contributed by atoms with Crippen LogP contribution in [0, 0.1) is 29.6 Å². The fourth-order valence-electron chi connectivity index (χ4n) is 6.11. The monoisotopic (exact) mass is 319 g/mol. The average molecular weight is 319 g/mol. The van der Waals surface area contributed by atoms with E-state index in [-0.39, 0.29) is 5.91 Å². The molecule has 0 aromatic carbocycles. The molecule has 0 spiro atoms. The van der Waals surface area contributed by atoms with E-state index in [1.54, 1.807) is 0 Å². The van der Waals surface area contributed by atoms with Crippen LogP contribution in [-0.2, 0) is 9.59 Å². The lowest BCUT2D eigenvalue weighted by molar-refractivity contribution is -0.148. The summed E-state index contributed by atoms with van der Waals surface area (Å²) in [5.74, 6) is 3.58. The quantitative estimate of drug-likeness (QED) is 0.846. The number of hydrogen-bond donors (Lipinski definition) is 1. The molecule has 4 bridgehead atoms. The van der Waals surface area contributed by atoms with Gasteiger partial charge in [0, 0.05) is 32.1 Å². The van der Waals surface area contributed by atoms with Crippen LogP contribution in [0.3, 0.4) is 0 Å². The number of carbonyl (C=O) groups excluding carboxylic acids is 2. The molecule has 5 fully saturated rings. The number of carbonyl (C=O) groups is 2. The first-order valence-corrected chi connectivity index (χ1v) is 9.39. The third-order valence-corrected chi connectivity index (χ3v) is 6.79. The first-order valence-electron chi connectivity index (χ1n) is 9.39. The maximum absolute atomic E-state index is 13.2. The third kappa shape index (κ3) is 3.00. The Hall–Kier alpha value is -1.10. The molecular weight excluding hydrogens is 290 g/mol. The minimum absolute atomic E-state index is 0.272. The van der Waals surface area contributed by atoms with E-state index >= 15 is 0 Å². The van der Waals surface area contributed by atoms with E-state index in [1.165, 1.54) is 32.1 Å². The molecule has 0 unspecified atom stereocenters. The Labute approximate surface area is 138 Å². The molecule has 0 aromatic rings. The molecule has 0 aromatic heterocycles. The van der Waals surface area contributed by atoms with Crippen LogP contribution in [0.25, 0.3) is 0 Å². The van der Waals surface area contributed by atoms with Gasteiger partial charge in [0.2, 0.25) is 11.8 Å². The van der Waals surface area contributed by atoms with Crippen LogP contribution in [-0.4, -0.2) is 54.3 Å². The van der Waals surface area contributed by atoms with Gasteiger partial charge in [-0.3, -0.25) is 14.5 Å². The van der Waals surface area contributed by atoms with Gasteiger partial charge in [-0.15, -0.1) is 0 Å². The van der Waals surface area contributed by atoms with Gasteiger partial charge in [-0.2, -0.15) is 0 Å². The number of hydrogen-bond acceptors (Lipinski definition) is 3. The highest BCUT2D eigenvalue weighted by atomic mass is 16.2. The topological polar surface area (TPSA) is 66.6 Å². The summed E-state index contributed by atoms with van der Waals surface area (Å²) in [4.78, 5) is 28.5. The van der Waals surface area contributed by atoms with Gasteiger partial charge in [0.1, 0.15) is 0 Å². The predicted octanol–water partition coefficient (Wildman–Crippen LogP) is 1.08. The van der Waals surface area contributed by atoms with Gasteiger partial charge < -0.3 is 10.6 Å². The van der Waals surface area contributed by atoms with Crippen molar-refractivity contribution in [3.63, 3.8) is 0 Å². The van der Waals surface area contributed by atoms with Crippen LogP contribution in [0.1, 0.15) is 38.5 Å². The lowest BCUT2D eigenvalue weighted by Gasteiger charge is -2.54.